The fraction of sp³-hybridized carbons (Fsp3) is 0.652. The summed E-state index contributed by atoms with van der Waals surface area (Å²) in [5.74, 6) is 1.09. The van der Waals surface area contributed by atoms with Crippen molar-refractivity contribution in [2.45, 2.75) is 72.1 Å². The zero-order valence-electron chi connectivity index (χ0n) is 18.9. The van der Waals surface area contributed by atoms with Crippen LogP contribution in [0.4, 0.5) is 0 Å². The van der Waals surface area contributed by atoms with Crippen molar-refractivity contribution in [3.05, 3.63) is 35.4 Å². The van der Waals surface area contributed by atoms with E-state index in [-0.39, 0.29) is 5.91 Å². The first-order valence-electron chi connectivity index (χ1n) is 11.0. The first-order valence-corrected chi connectivity index (χ1v) is 11.0. The van der Waals surface area contributed by atoms with Crippen molar-refractivity contribution in [2.24, 2.45) is 4.99 Å². The SMILES string of the molecule is CN=C(NCCCN(C(C)C)C(C)C)NCc1cccc(CN2CCCC2=O)c1. The van der Waals surface area contributed by atoms with Crippen molar-refractivity contribution in [3.8, 4) is 0 Å². The van der Waals surface area contributed by atoms with Gasteiger partial charge in [-0.15, -0.1) is 0 Å². The van der Waals surface area contributed by atoms with Crippen molar-refractivity contribution >= 4 is 11.9 Å². The van der Waals surface area contributed by atoms with Crippen LogP contribution in [0.5, 0.6) is 0 Å². The molecule has 0 atom stereocenters. The summed E-state index contributed by atoms with van der Waals surface area (Å²) in [7, 11) is 1.80. The Hall–Kier alpha value is -2.08. The van der Waals surface area contributed by atoms with Crippen LogP contribution in [0.1, 0.15) is 58.1 Å². The van der Waals surface area contributed by atoms with E-state index in [2.05, 4.69) is 72.5 Å². The third kappa shape index (κ3) is 7.69. The van der Waals surface area contributed by atoms with Gasteiger partial charge >= 0.3 is 0 Å². The Bertz CT molecular complexity index is 663. The lowest BCUT2D eigenvalue weighted by molar-refractivity contribution is -0.128. The maximum Gasteiger partial charge on any atom is 0.222 e. The third-order valence-electron chi connectivity index (χ3n) is 5.43. The van der Waals surface area contributed by atoms with E-state index in [1.54, 1.807) is 7.05 Å². The molecule has 0 unspecified atom stereocenters. The van der Waals surface area contributed by atoms with E-state index in [1.165, 1.54) is 11.1 Å². The highest BCUT2D eigenvalue weighted by Gasteiger charge is 2.19. The molecule has 0 bridgehead atoms. The van der Waals surface area contributed by atoms with Crippen LogP contribution in [-0.2, 0) is 17.9 Å². The Morgan fingerprint density at radius 2 is 1.90 bits per heavy atom. The van der Waals surface area contributed by atoms with Crippen LogP contribution in [0.25, 0.3) is 0 Å². The average molecular weight is 402 g/mol. The summed E-state index contributed by atoms with van der Waals surface area (Å²) in [6.45, 7) is 13.3. The molecule has 1 aromatic rings. The molecule has 1 saturated heterocycles. The van der Waals surface area contributed by atoms with Gasteiger partial charge in [0, 0.05) is 58.3 Å². The van der Waals surface area contributed by atoms with Gasteiger partial charge in [0.15, 0.2) is 5.96 Å². The normalized spacial score (nSPS) is 15.1. The number of nitrogens with one attached hydrogen (secondary N) is 2. The lowest BCUT2D eigenvalue weighted by Crippen LogP contribution is -2.41. The molecule has 1 aromatic carbocycles. The minimum Gasteiger partial charge on any atom is -0.356 e. The number of aliphatic imine (C=N–C) groups is 1. The van der Waals surface area contributed by atoms with Gasteiger partial charge in [0.05, 0.1) is 0 Å². The number of carbonyl (C=O) groups excluding carboxylic acids is 1. The topological polar surface area (TPSA) is 60.0 Å². The van der Waals surface area contributed by atoms with E-state index in [0.717, 1.165) is 38.4 Å². The Morgan fingerprint density at radius 3 is 2.52 bits per heavy atom. The van der Waals surface area contributed by atoms with Gasteiger partial charge in [0.25, 0.3) is 0 Å². The zero-order chi connectivity index (χ0) is 21.2. The van der Waals surface area contributed by atoms with Crippen LogP contribution in [0.2, 0.25) is 0 Å². The van der Waals surface area contributed by atoms with Gasteiger partial charge in [0.1, 0.15) is 0 Å². The highest BCUT2D eigenvalue weighted by molar-refractivity contribution is 5.79. The number of hydrogen-bond acceptors (Lipinski definition) is 3. The maximum absolute atomic E-state index is 11.8. The fourth-order valence-corrected chi connectivity index (χ4v) is 3.92. The van der Waals surface area contributed by atoms with E-state index < -0.39 is 0 Å². The van der Waals surface area contributed by atoms with E-state index in [9.17, 15) is 4.79 Å². The minimum atomic E-state index is 0.270. The van der Waals surface area contributed by atoms with Gasteiger partial charge in [-0.05, 0) is 51.7 Å². The van der Waals surface area contributed by atoms with Crippen molar-refractivity contribution in [1.29, 1.82) is 0 Å². The molecule has 1 aliphatic rings. The quantitative estimate of drug-likeness (QED) is 0.359. The predicted molar refractivity (Wildman–Crippen MR) is 121 cm³/mol. The lowest BCUT2D eigenvalue weighted by atomic mass is 10.1. The second-order valence-corrected chi connectivity index (χ2v) is 8.37. The molecular formula is C23H39N5O. The van der Waals surface area contributed by atoms with Crippen LogP contribution in [0.3, 0.4) is 0 Å². The van der Waals surface area contributed by atoms with Crippen molar-refractivity contribution in [2.75, 3.05) is 26.7 Å². The minimum absolute atomic E-state index is 0.270. The van der Waals surface area contributed by atoms with Gasteiger partial charge in [-0.25, -0.2) is 0 Å². The number of carbonyl (C=O) groups is 1. The summed E-state index contributed by atoms with van der Waals surface area (Å²) >= 11 is 0. The number of hydrogen-bond donors (Lipinski definition) is 2. The number of guanidine groups is 1. The zero-order valence-corrected chi connectivity index (χ0v) is 18.9. The number of likely N-dealkylation sites (tertiary alicyclic amines) is 1. The maximum atomic E-state index is 11.8. The van der Waals surface area contributed by atoms with Crippen molar-refractivity contribution < 1.29 is 4.79 Å². The molecule has 29 heavy (non-hydrogen) atoms. The predicted octanol–water partition coefficient (Wildman–Crippen LogP) is 2.98. The summed E-state index contributed by atoms with van der Waals surface area (Å²) < 4.78 is 0. The second-order valence-electron chi connectivity index (χ2n) is 8.37. The molecule has 2 N–H and O–H groups in total. The van der Waals surface area contributed by atoms with Crippen molar-refractivity contribution in [3.63, 3.8) is 0 Å². The Morgan fingerprint density at radius 1 is 1.17 bits per heavy atom. The van der Waals surface area contributed by atoms with E-state index in [1.807, 2.05) is 4.90 Å². The molecule has 0 saturated carbocycles. The van der Waals surface area contributed by atoms with Gasteiger partial charge in [-0.1, -0.05) is 24.3 Å². The lowest BCUT2D eigenvalue weighted by Gasteiger charge is -2.30. The number of benzene rings is 1. The molecule has 0 aliphatic carbocycles. The highest BCUT2D eigenvalue weighted by Crippen LogP contribution is 2.15. The van der Waals surface area contributed by atoms with E-state index in [0.29, 0.717) is 31.6 Å². The molecule has 1 heterocycles. The molecule has 0 aromatic heterocycles. The molecular weight excluding hydrogens is 362 g/mol. The molecule has 1 amide bonds. The summed E-state index contributed by atoms with van der Waals surface area (Å²) in [5, 5.41) is 6.81. The van der Waals surface area contributed by atoms with E-state index >= 15 is 0 Å². The molecule has 0 spiro atoms. The summed E-state index contributed by atoms with van der Waals surface area (Å²) in [4.78, 5) is 20.6. The van der Waals surface area contributed by atoms with Crippen LogP contribution in [-0.4, -0.2) is 60.4 Å². The molecule has 1 fully saturated rings. The van der Waals surface area contributed by atoms with Crippen LogP contribution < -0.4 is 10.6 Å². The molecule has 1 aliphatic heterocycles. The van der Waals surface area contributed by atoms with Crippen molar-refractivity contribution in [1.82, 2.24) is 20.4 Å². The van der Waals surface area contributed by atoms with Gasteiger partial charge in [-0.2, -0.15) is 0 Å². The van der Waals surface area contributed by atoms with E-state index in [4.69, 9.17) is 0 Å². The van der Waals surface area contributed by atoms with Gasteiger partial charge in [0.2, 0.25) is 5.91 Å². The second kappa shape index (κ2) is 11.8. The first kappa shape index (κ1) is 23.2. The first-order chi connectivity index (χ1) is 13.9. The molecule has 6 heteroatoms. The standard InChI is InChI=1S/C23H39N5O/c1-18(2)28(19(3)4)14-8-12-25-23(24-5)26-16-20-9-6-10-21(15-20)17-27-13-7-11-22(27)29/h6,9-10,15,18-19H,7-8,11-14,16-17H2,1-5H3,(H2,24,25,26). The Kier molecular flexibility index (Phi) is 9.45. The summed E-state index contributed by atoms with van der Waals surface area (Å²) in [6, 6.07) is 9.58. The largest absolute Gasteiger partial charge is 0.356 e. The Balaban J connectivity index is 1.76. The Labute approximate surface area is 176 Å². The number of nitrogens with zero attached hydrogens (tertiary/aromatic N) is 3. The van der Waals surface area contributed by atoms with Gasteiger partial charge in [-0.3, -0.25) is 14.7 Å². The van der Waals surface area contributed by atoms with Crippen LogP contribution in [0, 0.1) is 0 Å². The van der Waals surface area contributed by atoms with Crippen LogP contribution >= 0.6 is 0 Å². The molecule has 2 rings (SSSR count). The van der Waals surface area contributed by atoms with Crippen LogP contribution in [0.15, 0.2) is 29.3 Å². The summed E-state index contributed by atoms with van der Waals surface area (Å²) in [6.07, 6.45) is 2.75. The number of rotatable bonds is 10. The molecule has 0 radical (unpaired) electrons. The smallest absolute Gasteiger partial charge is 0.222 e. The molecule has 6 nitrogen and oxygen atoms in total. The number of amides is 1. The third-order valence-corrected chi connectivity index (χ3v) is 5.43. The fourth-order valence-electron chi connectivity index (χ4n) is 3.92. The summed E-state index contributed by atoms with van der Waals surface area (Å²) in [5.41, 5.74) is 2.38. The highest BCUT2D eigenvalue weighted by atomic mass is 16.2. The monoisotopic (exact) mass is 401 g/mol. The van der Waals surface area contributed by atoms with Gasteiger partial charge < -0.3 is 15.5 Å². The average Bonchev–Trinajstić information content (AvgIpc) is 3.08. The molecule has 162 valence electrons.